The van der Waals surface area contributed by atoms with Crippen LogP contribution in [0.5, 0.6) is 0 Å². The molecule has 0 aromatic heterocycles. The predicted octanol–water partition coefficient (Wildman–Crippen LogP) is 2.11. The quantitative estimate of drug-likeness (QED) is 0.241. The number of carbonyl (C=O) groups is 5. The Balaban J connectivity index is 1.36. The number of epoxide rings is 2. The van der Waals surface area contributed by atoms with E-state index in [4.69, 9.17) is 28.4 Å². The molecule has 0 bridgehead atoms. The molecule has 13 heteroatoms. The van der Waals surface area contributed by atoms with Crippen molar-refractivity contribution in [3.05, 3.63) is 0 Å². The molecule has 19 atom stereocenters. The Kier molecular flexibility index (Phi) is 7.09. The van der Waals surface area contributed by atoms with E-state index < -0.39 is 124 Å². The minimum atomic E-state index is -2.06. The van der Waals surface area contributed by atoms with Gasteiger partial charge >= 0.3 is 23.9 Å². The van der Waals surface area contributed by atoms with Crippen LogP contribution >= 0.6 is 0 Å². The van der Waals surface area contributed by atoms with E-state index in [2.05, 4.69) is 0 Å². The fraction of sp³-hybridized carbons (Fsp3) is 0.865. The summed E-state index contributed by atoms with van der Waals surface area (Å²) in [6.07, 6.45) is -4.78. The van der Waals surface area contributed by atoms with Crippen LogP contribution in [0.4, 0.5) is 0 Å². The van der Waals surface area contributed by atoms with Gasteiger partial charge < -0.3 is 38.6 Å². The Hall–Kier alpha value is -2.61. The molecule has 0 radical (unpaired) electrons. The zero-order valence-corrected chi connectivity index (χ0v) is 30.2. The number of ether oxygens (including phenoxy) is 6. The number of esters is 4. The molecule has 5 aliphatic carbocycles. The van der Waals surface area contributed by atoms with Gasteiger partial charge in [-0.3, -0.25) is 19.2 Å². The zero-order valence-electron chi connectivity index (χ0n) is 30.2. The molecule has 5 saturated carbocycles. The topological polar surface area (TPSA) is 188 Å². The van der Waals surface area contributed by atoms with E-state index in [1.165, 1.54) is 20.8 Å². The summed E-state index contributed by atoms with van der Waals surface area (Å²) in [5.41, 5.74) is -5.57. The fourth-order valence-corrected chi connectivity index (χ4v) is 13.1. The first kappa shape index (κ1) is 34.5. The van der Waals surface area contributed by atoms with Gasteiger partial charge in [0.15, 0.2) is 11.4 Å². The molecule has 276 valence electrons. The number of fused-ring (bicyclic) bond motifs is 9. The van der Waals surface area contributed by atoms with E-state index in [1.807, 2.05) is 34.6 Å². The summed E-state index contributed by atoms with van der Waals surface area (Å²) in [5.74, 6) is -8.78. The fourth-order valence-electron chi connectivity index (χ4n) is 13.1. The van der Waals surface area contributed by atoms with Crippen molar-refractivity contribution in [1.29, 1.82) is 0 Å². The van der Waals surface area contributed by atoms with Crippen LogP contribution < -0.4 is 0 Å². The third-order valence-electron chi connectivity index (χ3n) is 15.3. The van der Waals surface area contributed by atoms with Crippen LogP contribution in [0.15, 0.2) is 0 Å². The van der Waals surface area contributed by atoms with Gasteiger partial charge in [0.05, 0.1) is 11.5 Å². The van der Waals surface area contributed by atoms with Crippen LogP contribution in [0, 0.1) is 63.6 Å². The van der Waals surface area contributed by atoms with Crippen molar-refractivity contribution in [2.75, 3.05) is 0 Å². The predicted molar refractivity (Wildman–Crippen MR) is 168 cm³/mol. The molecule has 8 rings (SSSR count). The highest BCUT2D eigenvalue weighted by Gasteiger charge is 2.93. The molecule has 3 aliphatic heterocycles. The lowest BCUT2D eigenvalue weighted by Crippen LogP contribution is -2.70. The van der Waals surface area contributed by atoms with Gasteiger partial charge in [0, 0.05) is 54.8 Å². The van der Waals surface area contributed by atoms with E-state index in [0.29, 0.717) is 6.42 Å². The second-order valence-corrected chi connectivity index (χ2v) is 17.9. The second kappa shape index (κ2) is 10.3. The first-order valence-electron chi connectivity index (χ1n) is 18.2. The lowest BCUT2D eigenvalue weighted by Gasteiger charge is -2.63. The lowest BCUT2D eigenvalue weighted by atomic mass is 9.41. The average molecular weight is 703 g/mol. The summed E-state index contributed by atoms with van der Waals surface area (Å²) in [6.45, 7) is 15.4. The number of aliphatic hydroxyl groups excluding tert-OH is 1. The number of hydrogen-bond acceptors (Lipinski definition) is 13. The molecule has 2 N–H and O–H groups in total. The summed E-state index contributed by atoms with van der Waals surface area (Å²) in [7, 11) is 0. The third-order valence-corrected chi connectivity index (χ3v) is 15.3. The normalized spacial score (nSPS) is 56.3. The van der Waals surface area contributed by atoms with Crippen LogP contribution in [0.2, 0.25) is 0 Å². The van der Waals surface area contributed by atoms with E-state index in [1.54, 1.807) is 6.92 Å². The molecule has 13 nitrogen and oxygen atoms in total. The van der Waals surface area contributed by atoms with E-state index in [9.17, 15) is 34.2 Å². The van der Waals surface area contributed by atoms with Crippen LogP contribution in [0.25, 0.3) is 0 Å². The van der Waals surface area contributed by atoms with E-state index >= 15 is 0 Å². The molecule has 8 fully saturated rings. The molecule has 1 spiro atoms. The van der Waals surface area contributed by atoms with Gasteiger partial charge in [-0.15, -0.1) is 0 Å². The zero-order chi connectivity index (χ0) is 36.4. The summed E-state index contributed by atoms with van der Waals surface area (Å²) >= 11 is 0. The molecule has 0 aromatic rings. The highest BCUT2D eigenvalue weighted by molar-refractivity contribution is 5.88. The van der Waals surface area contributed by atoms with Crippen molar-refractivity contribution < 1.29 is 62.6 Å². The summed E-state index contributed by atoms with van der Waals surface area (Å²) < 4.78 is 37.0. The van der Waals surface area contributed by atoms with Crippen molar-refractivity contribution in [3.8, 4) is 0 Å². The molecule has 8 aliphatic rings. The number of Topliss-reactive ketones (excluding diaryl/α,β-unsaturated/α-hetero) is 1. The van der Waals surface area contributed by atoms with Gasteiger partial charge in [0.2, 0.25) is 5.79 Å². The maximum Gasteiger partial charge on any atom is 0.341 e. The number of carbonyl (C=O) groups excluding carboxylic acids is 5. The molecule has 0 unspecified atom stereocenters. The SMILES string of the molecule is CC(=O)O[C@H]1C[C@H]2[C@H]([C@@H]3[C@@H](OC(=O)CC(C)C)[C@@H]4[C@H]([C@H](C)[C@H]5O[C@]56OC(=O)[C@@](C)(O)[C@]46C)[C@]31C)[C@@H](O)C(=O)[C@H]1C[C@@H]3O[C@@H]3[C@H](OC(C)=O)[C@@]12C. The van der Waals surface area contributed by atoms with Gasteiger partial charge in [0.1, 0.15) is 36.6 Å². The van der Waals surface area contributed by atoms with Crippen molar-refractivity contribution in [1.82, 2.24) is 0 Å². The number of aliphatic hydroxyl groups is 2. The smallest absolute Gasteiger partial charge is 0.341 e. The molecular formula is C37H50O13. The highest BCUT2D eigenvalue weighted by atomic mass is 16.8. The first-order valence-corrected chi connectivity index (χ1v) is 18.2. The Morgan fingerprint density at radius 1 is 0.940 bits per heavy atom. The number of rotatable bonds is 5. The van der Waals surface area contributed by atoms with Crippen molar-refractivity contribution >= 4 is 29.7 Å². The minimum absolute atomic E-state index is 0.0541. The number of ketones is 1. The Morgan fingerprint density at radius 3 is 2.22 bits per heavy atom. The molecule has 0 amide bonds. The standard InChI is InChI=1S/C37H50O13/c1-13(2)10-21(40)48-29-24-22-17(33(6)18(26(41)27(22)42)11-19-28(47-19)31(33)46-16(5)39)12-20(45-15(4)38)34(24,7)23-14(3)30-37(49-30)35(8,25(23)29)36(9,44)32(43)50-37/h13-14,17-20,22-25,27-31,42,44H,10-12H2,1-9H3/t14-,17-,18+,19-,20-,22+,23-,24+,25-,27+,28-,29+,30+,31-,33+,34+,35-,36+,37-/m0/s1. The molecule has 50 heavy (non-hydrogen) atoms. The highest BCUT2D eigenvalue weighted by Crippen LogP contribution is 2.81. The summed E-state index contributed by atoms with van der Waals surface area (Å²) in [6, 6.07) is 0. The van der Waals surface area contributed by atoms with Crippen molar-refractivity contribution in [3.63, 3.8) is 0 Å². The van der Waals surface area contributed by atoms with Gasteiger partial charge in [-0.05, 0) is 50.4 Å². The second-order valence-electron chi connectivity index (χ2n) is 17.9. The largest absolute Gasteiger partial charge is 0.462 e. The van der Waals surface area contributed by atoms with Gasteiger partial charge in [-0.1, -0.05) is 34.6 Å². The van der Waals surface area contributed by atoms with E-state index in [0.717, 1.165) is 0 Å². The Morgan fingerprint density at radius 2 is 1.60 bits per heavy atom. The molecule has 3 saturated heterocycles. The van der Waals surface area contributed by atoms with E-state index in [-0.39, 0.29) is 36.6 Å². The maximum absolute atomic E-state index is 14.5. The van der Waals surface area contributed by atoms with Crippen LogP contribution in [0.1, 0.15) is 81.6 Å². The number of hydrogen-bond donors (Lipinski definition) is 2. The summed E-state index contributed by atoms with van der Waals surface area (Å²) in [5, 5.41) is 24.4. The lowest BCUT2D eigenvalue weighted by molar-refractivity contribution is -0.235. The first-order chi connectivity index (χ1) is 23.2. The van der Waals surface area contributed by atoms with Crippen LogP contribution in [-0.4, -0.2) is 94.0 Å². The third kappa shape index (κ3) is 3.90. The van der Waals surface area contributed by atoms with Gasteiger partial charge in [-0.25, -0.2) is 4.79 Å². The molecule has 3 heterocycles. The Labute approximate surface area is 291 Å². The molecule has 0 aromatic carbocycles. The van der Waals surface area contributed by atoms with Crippen LogP contribution in [0.3, 0.4) is 0 Å². The summed E-state index contributed by atoms with van der Waals surface area (Å²) in [4.78, 5) is 67.4. The van der Waals surface area contributed by atoms with Gasteiger partial charge in [0.25, 0.3) is 0 Å². The van der Waals surface area contributed by atoms with Crippen molar-refractivity contribution in [2.45, 2.75) is 136 Å². The monoisotopic (exact) mass is 702 g/mol. The van der Waals surface area contributed by atoms with Crippen molar-refractivity contribution in [2.24, 2.45) is 63.6 Å². The van der Waals surface area contributed by atoms with Gasteiger partial charge in [-0.2, -0.15) is 0 Å². The minimum Gasteiger partial charge on any atom is -0.462 e. The van der Waals surface area contributed by atoms with Crippen LogP contribution in [-0.2, 0) is 52.4 Å². The maximum atomic E-state index is 14.5. The average Bonchev–Trinajstić information content (AvgIpc) is 3.90. The Bertz CT molecular complexity index is 1570. The molecular weight excluding hydrogens is 652 g/mol.